The molecule has 0 aliphatic carbocycles. The van der Waals surface area contributed by atoms with Crippen LogP contribution >= 0.6 is 0 Å². The molecule has 2 heterocycles. The first-order chi connectivity index (χ1) is 15.1. The van der Waals surface area contributed by atoms with Crippen LogP contribution in [0.4, 0.5) is 5.69 Å². The third kappa shape index (κ3) is 5.05. The van der Waals surface area contributed by atoms with Crippen molar-refractivity contribution in [2.45, 2.75) is 12.8 Å². The summed E-state index contributed by atoms with van der Waals surface area (Å²) in [5.74, 6) is 0.884. The molecule has 0 saturated carbocycles. The largest absolute Gasteiger partial charge is 0.494 e. The number of esters is 1. The molecular weight excluding hydrogens is 398 g/mol. The van der Waals surface area contributed by atoms with E-state index in [9.17, 15) is 14.9 Å². The molecule has 0 spiro atoms. The van der Waals surface area contributed by atoms with Crippen molar-refractivity contribution in [3.05, 3.63) is 89.2 Å². The Bertz CT molecular complexity index is 1200. The molecule has 0 aliphatic rings. The number of imidazole rings is 1. The van der Waals surface area contributed by atoms with Gasteiger partial charge in [0.1, 0.15) is 17.1 Å². The van der Waals surface area contributed by atoms with Crippen molar-refractivity contribution in [3.63, 3.8) is 0 Å². The van der Waals surface area contributed by atoms with E-state index in [-0.39, 0.29) is 18.1 Å². The highest BCUT2D eigenvalue weighted by atomic mass is 16.6. The molecule has 0 saturated heterocycles. The lowest BCUT2D eigenvalue weighted by Crippen LogP contribution is -2.09. The van der Waals surface area contributed by atoms with E-state index in [0.717, 1.165) is 11.3 Å². The van der Waals surface area contributed by atoms with Gasteiger partial charge in [-0.1, -0.05) is 18.2 Å². The van der Waals surface area contributed by atoms with Gasteiger partial charge < -0.3 is 9.47 Å². The number of rotatable bonds is 8. The Morgan fingerprint density at radius 1 is 0.968 bits per heavy atom. The Balaban J connectivity index is 1.32. The summed E-state index contributed by atoms with van der Waals surface area (Å²) in [5.41, 5.74) is 2.07. The van der Waals surface area contributed by atoms with Gasteiger partial charge in [0.05, 0.1) is 23.4 Å². The quantitative estimate of drug-likeness (QED) is 0.136. The van der Waals surface area contributed by atoms with Crippen molar-refractivity contribution in [2.24, 2.45) is 0 Å². The molecule has 0 amide bonds. The van der Waals surface area contributed by atoms with Crippen LogP contribution in [0, 0.1) is 10.1 Å². The Labute approximate surface area is 177 Å². The van der Waals surface area contributed by atoms with Crippen molar-refractivity contribution < 1.29 is 19.2 Å². The van der Waals surface area contributed by atoms with E-state index in [0.29, 0.717) is 30.1 Å². The van der Waals surface area contributed by atoms with Crippen molar-refractivity contribution in [1.82, 2.24) is 9.38 Å². The molecule has 4 rings (SSSR count). The third-order valence-corrected chi connectivity index (χ3v) is 4.57. The average Bonchev–Trinajstić information content (AvgIpc) is 3.21. The Kier molecular flexibility index (Phi) is 5.89. The predicted molar refractivity (Wildman–Crippen MR) is 114 cm³/mol. The molecule has 0 N–H and O–H groups in total. The van der Waals surface area contributed by atoms with Crippen LogP contribution < -0.4 is 9.47 Å². The van der Waals surface area contributed by atoms with Crippen molar-refractivity contribution in [3.8, 4) is 22.8 Å². The molecule has 0 radical (unpaired) electrons. The minimum atomic E-state index is -0.448. The summed E-state index contributed by atoms with van der Waals surface area (Å²) in [6.07, 6.45) is 3.94. The van der Waals surface area contributed by atoms with Gasteiger partial charge in [0, 0.05) is 24.2 Å². The van der Waals surface area contributed by atoms with E-state index in [1.807, 2.05) is 30.3 Å². The number of ether oxygens (including phenoxy) is 2. The molecule has 2 aromatic heterocycles. The number of hydrogen-bond acceptors (Lipinski definition) is 6. The summed E-state index contributed by atoms with van der Waals surface area (Å²) in [4.78, 5) is 27.0. The van der Waals surface area contributed by atoms with Gasteiger partial charge in [-0.2, -0.15) is 0 Å². The number of nitro groups is 1. The zero-order chi connectivity index (χ0) is 21.6. The molecule has 31 heavy (non-hydrogen) atoms. The second kappa shape index (κ2) is 9.08. The van der Waals surface area contributed by atoms with Gasteiger partial charge >= 0.3 is 5.97 Å². The number of carbonyl (C=O) groups excluding carboxylic acids is 1. The summed E-state index contributed by atoms with van der Waals surface area (Å²) in [5, 5.41) is 10.9. The lowest BCUT2D eigenvalue weighted by Gasteiger charge is -2.07. The molecule has 0 aliphatic heterocycles. The topological polar surface area (TPSA) is 96.0 Å². The van der Waals surface area contributed by atoms with Gasteiger partial charge in [-0.3, -0.25) is 19.3 Å². The smallest absolute Gasteiger partial charge is 0.311 e. The molecule has 0 bridgehead atoms. The van der Waals surface area contributed by atoms with Crippen LogP contribution in [0.15, 0.2) is 79.1 Å². The highest BCUT2D eigenvalue weighted by Crippen LogP contribution is 2.24. The van der Waals surface area contributed by atoms with Gasteiger partial charge in [0.25, 0.3) is 5.69 Å². The Morgan fingerprint density at radius 2 is 1.74 bits per heavy atom. The molecule has 2 aromatic carbocycles. The second-order valence-corrected chi connectivity index (χ2v) is 6.80. The standard InChI is InChI=1S/C23H19N3O5/c27-23(7-4-14-30-19-5-2-1-3-6-19)31-20-11-8-17(9-12-20)21-16-25-15-18(26(28)29)10-13-22(25)24-21/h1-3,5-6,8-13,15-16H,4,7,14H2. The summed E-state index contributed by atoms with van der Waals surface area (Å²) in [6.45, 7) is 0.435. The van der Waals surface area contributed by atoms with Crippen molar-refractivity contribution in [2.75, 3.05) is 6.61 Å². The number of nitrogens with zero attached hydrogens (tertiary/aromatic N) is 3. The number of pyridine rings is 1. The number of fused-ring (bicyclic) bond motifs is 1. The maximum Gasteiger partial charge on any atom is 0.311 e. The number of aromatic nitrogens is 2. The van der Waals surface area contributed by atoms with E-state index < -0.39 is 4.92 Å². The first kappa shape index (κ1) is 20.1. The summed E-state index contributed by atoms with van der Waals surface area (Å²) in [7, 11) is 0. The maximum absolute atomic E-state index is 12.0. The van der Waals surface area contributed by atoms with Gasteiger partial charge in [0.15, 0.2) is 0 Å². The number of para-hydroxylation sites is 1. The zero-order valence-corrected chi connectivity index (χ0v) is 16.5. The fourth-order valence-electron chi connectivity index (χ4n) is 3.03. The highest BCUT2D eigenvalue weighted by Gasteiger charge is 2.10. The Morgan fingerprint density at radius 3 is 2.48 bits per heavy atom. The lowest BCUT2D eigenvalue weighted by molar-refractivity contribution is -0.385. The first-order valence-corrected chi connectivity index (χ1v) is 9.70. The molecule has 0 atom stereocenters. The number of hydrogen-bond donors (Lipinski definition) is 0. The molecule has 8 nitrogen and oxygen atoms in total. The first-order valence-electron chi connectivity index (χ1n) is 9.70. The summed E-state index contributed by atoms with van der Waals surface area (Å²) < 4.78 is 12.5. The fourth-order valence-corrected chi connectivity index (χ4v) is 3.03. The predicted octanol–water partition coefficient (Wildman–Crippen LogP) is 4.67. The Hall–Kier alpha value is -4.20. The molecule has 8 heteroatoms. The molecule has 4 aromatic rings. The van der Waals surface area contributed by atoms with Crippen molar-refractivity contribution >= 4 is 17.3 Å². The minimum Gasteiger partial charge on any atom is -0.494 e. The minimum absolute atomic E-state index is 0.00659. The van der Waals surface area contributed by atoms with Crippen LogP contribution in [0.5, 0.6) is 11.5 Å². The summed E-state index contributed by atoms with van der Waals surface area (Å²) in [6, 6.07) is 19.4. The van der Waals surface area contributed by atoms with Crippen LogP contribution in [-0.4, -0.2) is 26.9 Å². The average molecular weight is 417 g/mol. The third-order valence-electron chi connectivity index (χ3n) is 4.57. The normalized spacial score (nSPS) is 10.7. The van der Waals surface area contributed by atoms with Crippen LogP contribution in [-0.2, 0) is 4.79 Å². The number of benzene rings is 2. The van der Waals surface area contributed by atoms with E-state index >= 15 is 0 Å². The molecule has 0 unspecified atom stereocenters. The van der Waals surface area contributed by atoms with Crippen molar-refractivity contribution in [1.29, 1.82) is 0 Å². The van der Waals surface area contributed by atoms with Crippen LogP contribution in [0.3, 0.4) is 0 Å². The van der Waals surface area contributed by atoms with Crippen LogP contribution in [0.2, 0.25) is 0 Å². The van der Waals surface area contributed by atoms with Gasteiger partial charge in [-0.15, -0.1) is 0 Å². The molecule has 156 valence electrons. The maximum atomic E-state index is 12.0. The van der Waals surface area contributed by atoms with Gasteiger partial charge in [-0.25, -0.2) is 4.98 Å². The van der Waals surface area contributed by atoms with Gasteiger partial charge in [-0.05, 0) is 48.9 Å². The van der Waals surface area contributed by atoms with Gasteiger partial charge in [0.2, 0.25) is 0 Å². The zero-order valence-electron chi connectivity index (χ0n) is 16.5. The molecule has 0 fully saturated rings. The lowest BCUT2D eigenvalue weighted by atomic mass is 10.1. The second-order valence-electron chi connectivity index (χ2n) is 6.80. The summed E-state index contributed by atoms with van der Waals surface area (Å²) >= 11 is 0. The highest BCUT2D eigenvalue weighted by molar-refractivity contribution is 5.73. The fraction of sp³-hybridized carbons (Fsp3) is 0.130. The number of carbonyl (C=O) groups is 1. The van der Waals surface area contributed by atoms with E-state index in [2.05, 4.69) is 4.98 Å². The van der Waals surface area contributed by atoms with E-state index in [1.54, 1.807) is 40.9 Å². The van der Waals surface area contributed by atoms with Crippen LogP contribution in [0.1, 0.15) is 12.8 Å². The SMILES string of the molecule is O=C(CCCOc1ccccc1)Oc1ccc(-c2cn3cc([N+](=O)[O-])ccc3n2)cc1. The van der Waals surface area contributed by atoms with E-state index in [1.165, 1.54) is 12.3 Å². The molecular formula is C23H19N3O5. The monoisotopic (exact) mass is 417 g/mol. The van der Waals surface area contributed by atoms with E-state index in [4.69, 9.17) is 9.47 Å². The van der Waals surface area contributed by atoms with Crippen LogP contribution in [0.25, 0.3) is 16.9 Å².